The van der Waals surface area contributed by atoms with Crippen LogP contribution in [0, 0.1) is 12.3 Å². The highest BCUT2D eigenvalue weighted by molar-refractivity contribution is 7.16. The first-order chi connectivity index (χ1) is 12.7. The standard InChI is InChI=1S/C20H15N3O2S/c1-3-10-23-17-9-8-13(25-2)11-18(17)26-20(23)22-19(24)15-12-21-16-7-5-4-6-14(15)16/h1,4-9,11-12,21H,10H2,2H3. The van der Waals surface area contributed by atoms with Gasteiger partial charge in [-0.15, -0.1) is 6.42 Å². The lowest BCUT2D eigenvalue weighted by Crippen LogP contribution is -2.16. The van der Waals surface area contributed by atoms with E-state index in [-0.39, 0.29) is 5.91 Å². The van der Waals surface area contributed by atoms with Crippen molar-refractivity contribution in [2.24, 2.45) is 4.99 Å². The van der Waals surface area contributed by atoms with Crippen LogP contribution >= 0.6 is 11.3 Å². The molecule has 2 aromatic heterocycles. The predicted molar refractivity (Wildman–Crippen MR) is 103 cm³/mol. The Kier molecular flexibility index (Phi) is 4.07. The minimum absolute atomic E-state index is 0.299. The van der Waals surface area contributed by atoms with Crippen LogP contribution in [0.25, 0.3) is 21.1 Å². The van der Waals surface area contributed by atoms with Crippen LogP contribution in [0.3, 0.4) is 0 Å². The minimum Gasteiger partial charge on any atom is -0.497 e. The number of ether oxygens (including phenoxy) is 1. The number of aromatic amines is 1. The van der Waals surface area contributed by atoms with Crippen LogP contribution in [0.1, 0.15) is 10.4 Å². The summed E-state index contributed by atoms with van der Waals surface area (Å²) >= 11 is 1.41. The molecule has 0 radical (unpaired) electrons. The van der Waals surface area contributed by atoms with Crippen molar-refractivity contribution in [2.45, 2.75) is 6.54 Å². The molecule has 4 aromatic rings. The molecule has 0 aliphatic rings. The molecule has 0 aliphatic carbocycles. The van der Waals surface area contributed by atoms with Gasteiger partial charge in [0, 0.05) is 17.1 Å². The molecule has 128 valence electrons. The van der Waals surface area contributed by atoms with Crippen LogP contribution in [0.2, 0.25) is 0 Å². The summed E-state index contributed by atoms with van der Waals surface area (Å²) in [4.78, 5) is 20.8. The molecule has 0 atom stereocenters. The van der Waals surface area contributed by atoms with Gasteiger partial charge in [-0.3, -0.25) is 4.79 Å². The smallest absolute Gasteiger partial charge is 0.281 e. The number of thiazole rings is 1. The lowest BCUT2D eigenvalue weighted by Gasteiger charge is -2.01. The van der Waals surface area contributed by atoms with Gasteiger partial charge in [0.1, 0.15) is 5.75 Å². The molecular weight excluding hydrogens is 346 g/mol. The summed E-state index contributed by atoms with van der Waals surface area (Å²) in [5.74, 6) is 3.08. The first-order valence-electron chi connectivity index (χ1n) is 7.97. The van der Waals surface area contributed by atoms with Crippen molar-refractivity contribution in [3.05, 3.63) is 59.0 Å². The number of rotatable bonds is 3. The van der Waals surface area contributed by atoms with E-state index in [1.165, 1.54) is 11.3 Å². The number of carbonyl (C=O) groups excluding carboxylic acids is 1. The summed E-state index contributed by atoms with van der Waals surface area (Å²) < 4.78 is 8.11. The number of terminal acetylenes is 1. The number of para-hydroxylation sites is 1. The number of carbonyl (C=O) groups is 1. The first kappa shape index (κ1) is 16.2. The van der Waals surface area contributed by atoms with E-state index in [1.54, 1.807) is 13.3 Å². The molecule has 5 nitrogen and oxygen atoms in total. The third-order valence-corrected chi connectivity index (χ3v) is 5.20. The maximum atomic E-state index is 12.8. The molecule has 26 heavy (non-hydrogen) atoms. The van der Waals surface area contributed by atoms with Crippen LogP contribution in [-0.4, -0.2) is 22.6 Å². The van der Waals surface area contributed by atoms with Gasteiger partial charge in [0.15, 0.2) is 4.80 Å². The third kappa shape index (κ3) is 2.68. The van der Waals surface area contributed by atoms with Crippen molar-refractivity contribution < 1.29 is 9.53 Å². The number of nitrogens with one attached hydrogen (secondary N) is 1. The monoisotopic (exact) mass is 361 g/mol. The molecule has 1 amide bonds. The Morgan fingerprint density at radius 1 is 1.35 bits per heavy atom. The third-order valence-electron chi connectivity index (χ3n) is 4.16. The van der Waals surface area contributed by atoms with Crippen LogP contribution in [0.5, 0.6) is 5.75 Å². The number of fused-ring (bicyclic) bond motifs is 2. The second-order valence-corrected chi connectivity index (χ2v) is 6.68. The molecular formula is C20H15N3O2S. The van der Waals surface area contributed by atoms with Crippen molar-refractivity contribution in [2.75, 3.05) is 7.11 Å². The fourth-order valence-corrected chi connectivity index (χ4v) is 3.96. The van der Waals surface area contributed by atoms with Crippen LogP contribution in [0.15, 0.2) is 53.7 Å². The normalized spacial score (nSPS) is 11.8. The number of aromatic nitrogens is 2. The summed E-state index contributed by atoms with van der Waals surface area (Å²) in [6.45, 7) is 0.340. The number of amides is 1. The largest absolute Gasteiger partial charge is 0.497 e. The summed E-state index contributed by atoms with van der Waals surface area (Å²) in [7, 11) is 1.62. The average Bonchev–Trinajstić information content (AvgIpc) is 3.23. The topological polar surface area (TPSA) is 59.4 Å². The summed E-state index contributed by atoms with van der Waals surface area (Å²) in [6, 6.07) is 13.4. The molecule has 0 saturated carbocycles. The number of H-pyrrole nitrogens is 1. The van der Waals surface area contributed by atoms with E-state index in [9.17, 15) is 4.79 Å². The zero-order valence-corrected chi connectivity index (χ0v) is 14.8. The fourth-order valence-electron chi connectivity index (χ4n) is 2.91. The van der Waals surface area contributed by atoms with Crippen molar-refractivity contribution in [3.63, 3.8) is 0 Å². The van der Waals surface area contributed by atoms with Gasteiger partial charge in [0.25, 0.3) is 5.91 Å². The molecule has 2 aromatic carbocycles. The number of benzene rings is 2. The maximum Gasteiger partial charge on any atom is 0.281 e. The lowest BCUT2D eigenvalue weighted by atomic mass is 10.2. The van der Waals surface area contributed by atoms with E-state index in [4.69, 9.17) is 11.2 Å². The number of hydrogen-bond acceptors (Lipinski definition) is 3. The molecule has 0 fully saturated rings. The Morgan fingerprint density at radius 3 is 3.00 bits per heavy atom. The quantitative estimate of drug-likeness (QED) is 0.567. The highest BCUT2D eigenvalue weighted by atomic mass is 32.1. The number of nitrogens with zero attached hydrogens (tertiary/aromatic N) is 2. The Balaban J connectivity index is 1.88. The molecule has 6 heteroatoms. The van der Waals surface area contributed by atoms with Crippen molar-refractivity contribution in [3.8, 4) is 18.1 Å². The summed E-state index contributed by atoms with van der Waals surface area (Å²) in [5.41, 5.74) is 2.38. The molecule has 0 saturated heterocycles. The van der Waals surface area contributed by atoms with Crippen LogP contribution in [0.4, 0.5) is 0 Å². The van der Waals surface area contributed by atoms with E-state index in [2.05, 4.69) is 15.9 Å². The van der Waals surface area contributed by atoms with E-state index in [0.717, 1.165) is 26.9 Å². The SMILES string of the molecule is C#CCn1c(=NC(=O)c2c[nH]c3ccccc23)sc2cc(OC)ccc21. The van der Waals surface area contributed by atoms with E-state index in [1.807, 2.05) is 47.0 Å². The Bertz CT molecular complexity index is 1240. The summed E-state index contributed by atoms with van der Waals surface area (Å²) in [5, 5.41) is 0.854. The Hall–Kier alpha value is -3.30. The second kappa shape index (κ2) is 6.54. The van der Waals surface area contributed by atoms with Crippen LogP contribution in [-0.2, 0) is 6.54 Å². The molecule has 0 aliphatic heterocycles. The molecule has 0 spiro atoms. The fraction of sp³-hybridized carbons (Fsp3) is 0.100. The maximum absolute atomic E-state index is 12.8. The number of methoxy groups -OCH3 is 1. The van der Waals surface area contributed by atoms with Gasteiger partial charge in [0.2, 0.25) is 0 Å². The van der Waals surface area contributed by atoms with Gasteiger partial charge >= 0.3 is 0 Å². The van der Waals surface area contributed by atoms with Gasteiger partial charge < -0.3 is 14.3 Å². The number of hydrogen-bond donors (Lipinski definition) is 1. The molecule has 2 heterocycles. The minimum atomic E-state index is -0.299. The van der Waals surface area contributed by atoms with E-state index < -0.39 is 0 Å². The molecule has 0 bridgehead atoms. The Morgan fingerprint density at radius 2 is 2.19 bits per heavy atom. The summed E-state index contributed by atoms with van der Waals surface area (Å²) in [6.07, 6.45) is 7.21. The van der Waals surface area contributed by atoms with Gasteiger partial charge in [-0.05, 0) is 24.3 Å². The predicted octanol–water partition coefficient (Wildman–Crippen LogP) is 3.57. The second-order valence-electron chi connectivity index (χ2n) is 5.67. The zero-order chi connectivity index (χ0) is 18.1. The zero-order valence-electron chi connectivity index (χ0n) is 14.0. The van der Waals surface area contributed by atoms with Gasteiger partial charge in [-0.1, -0.05) is 35.5 Å². The van der Waals surface area contributed by atoms with Crippen molar-refractivity contribution >= 4 is 38.4 Å². The Labute approximate surface area is 153 Å². The molecule has 0 unspecified atom stereocenters. The van der Waals surface area contributed by atoms with Gasteiger partial charge in [0.05, 0.1) is 29.4 Å². The average molecular weight is 361 g/mol. The molecule has 4 rings (SSSR count). The van der Waals surface area contributed by atoms with Crippen LogP contribution < -0.4 is 9.54 Å². The van der Waals surface area contributed by atoms with E-state index in [0.29, 0.717) is 16.9 Å². The van der Waals surface area contributed by atoms with Gasteiger partial charge in [-0.2, -0.15) is 4.99 Å². The highest BCUT2D eigenvalue weighted by Gasteiger charge is 2.13. The highest BCUT2D eigenvalue weighted by Crippen LogP contribution is 2.23. The lowest BCUT2D eigenvalue weighted by molar-refractivity contribution is 0.0999. The first-order valence-corrected chi connectivity index (χ1v) is 8.79. The van der Waals surface area contributed by atoms with Gasteiger partial charge in [-0.25, -0.2) is 0 Å². The van der Waals surface area contributed by atoms with Crippen molar-refractivity contribution in [1.82, 2.24) is 9.55 Å². The molecule has 1 N–H and O–H groups in total. The van der Waals surface area contributed by atoms with E-state index >= 15 is 0 Å². The van der Waals surface area contributed by atoms with Crippen molar-refractivity contribution in [1.29, 1.82) is 0 Å².